The standard InChI is InChI=1S/C17H17Cl2N3O4/c18-12-3-1-2-11(16(12)19)17(26)21-8-6-20(7-9-21)15(25)10-22-13(23)4-5-14(22)24/h1-3H,4-10H2. The lowest BCUT2D eigenvalue weighted by atomic mass is 10.1. The molecule has 2 fully saturated rings. The van der Waals surface area contributed by atoms with Gasteiger partial charge in [0.2, 0.25) is 17.7 Å². The first-order valence-corrected chi connectivity index (χ1v) is 8.98. The number of carbonyl (C=O) groups is 4. The molecule has 4 amide bonds. The molecule has 1 aromatic rings. The summed E-state index contributed by atoms with van der Waals surface area (Å²) >= 11 is 12.0. The van der Waals surface area contributed by atoms with Crippen molar-refractivity contribution in [2.75, 3.05) is 32.7 Å². The molecule has 2 heterocycles. The topological polar surface area (TPSA) is 78.0 Å². The van der Waals surface area contributed by atoms with Crippen LogP contribution in [0.4, 0.5) is 0 Å². The number of carbonyl (C=O) groups excluding carboxylic acids is 4. The summed E-state index contributed by atoms with van der Waals surface area (Å²) in [5.41, 5.74) is 0.326. The third-order valence-electron chi connectivity index (χ3n) is 4.55. The van der Waals surface area contributed by atoms with Crippen molar-refractivity contribution in [1.29, 1.82) is 0 Å². The fraction of sp³-hybridized carbons (Fsp3) is 0.412. The number of benzene rings is 1. The van der Waals surface area contributed by atoms with Crippen LogP contribution in [0.25, 0.3) is 0 Å². The van der Waals surface area contributed by atoms with Gasteiger partial charge in [-0.2, -0.15) is 0 Å². The Kier molecular flexibility index (Phi) is 5.48. The molecule has 0 saturated carbocycles. The van der Waals surface area contributed by atoms with Crippen LogP contribution < -0.4 is 0 Å². The van der Waals surface area contributed by atoms with E-state index in [9.17, 15) is 19.2 Å². The van der Waals surface area contributed by atoms with Crippen molar-refractivity contribution in [3.8, 4) is 0 Å². The Morgan fingerprint density at radius 1 is 0.923 bits per heavy atom. The third kappa shape index (κ3) is 3.68. The van der Waals surface area contributed by atoms with Gasteiger partial charge in [-0.1, -0.05) is 29.3 Å². The Hall–Kier alpha value is -2.12. The second-order valence-corrected chi connectivity index (χ2v) is 6.93. The predicted octanol–water partition coefficient (Wildman–Crippen LogP) is 1.43. The molecule has 0 radical (unpaired) electrons. The van der Waals surface area contributed by atoms with Gasteiger partial charge in [0.25, 0.3) is 5.91 Å². The van der Waals surface area contributed by atoms with Crippen molar-refractivity contribution in [3.05, 3.63) is 33.8 Å². The molecule has 2 saturated heterocycles. The normalized spacial score (nSPS) is 17.8. The summed E-state index contributed by atoms with van der Waals surface area (Å²) in [5.74, 6) is -1.16. The predicted molar refractivity (Wildman–Crippen MR) is 94.9 cm³/mol. The lowest BCUT2D eigenvalue weighted by Crippen LogP contribution is -2.53. The molecule has 0 bridgehead atoms. The van der Waals surface area contributed by atoms with Gasteiger partial charge >= 0.3 is 0 Å². The highest BCUT2D eigenvalue weighted by Crippen LogP contribution is 2.26. The molecule has 9 heteroatoms. The number of amides is 4. The quantitative estimate of drug-likeness (QED) is 0.722. The summed E-state index contributed by atoms with van der Waals surface area (Å²) in [4.78, 5) is 52.3. The highest BCUT2D eigenvalue weighted by atomic mass is 35.5. The molecule has 138 valence electrons. The molecule has 0 atom stereocenters. The Morgan fingerprint density at radius 3 is 2.12 bits per heavy atom. The maximum absolute atomic E-state index is 12.6. The number of imide groups is 1. The van der Waals surface area contributed by atoms with E-state index in [0.717, 1.165) is 4.90 Å². The second-order valence-electron chi connectivity index (χ2n) is 6.15. The van der Waals surface area contributed by atoms with Gasteiger partial charge in [0.1, 0.15) is 6.54 Å². The molecule has 3 rings (SSSR count). The first-order chi connectivity index (χ1) is 12.4. The largest absolute Gasteiger partial charge is 0.338 e. The summed E-state index contributed by atoms with van der Waals surface area (Å²) < 4.78 is 0. The van der Waals surface area contributed by atoms with E-state index in [-0.39, 0.29) is 48.0 Å². The van der Waals surface area contributed by atoms with Crippen molar-refractivity contribution >= 4 is 46.8 Å². The zero-order chi connectivity index (χ0) is 18.8. The summed E-state index contributed by atoms with van der Waals surface area (Å²) in [5, 5.41) is 0.523. The summed E-state index contributed by atoms with van der Waals surface area (Å²) in [6, 6.07) is 4.88. The van der Waals surface area contributed by atoms with Gasteiger partial charge in [-0.3, -0.25) is 24.1 Å². The highest BCUT2D eigenvalue weighted by Gasteiger charge is 2.33. The van der Waals surface area contributed by atoms with Crippen molar-refractivity contribution in [2.45, 2.75) is 12.8 Å². The van der Waals surface area contributed by atoms with Crippen LogP contribution in [0.3, 0.4) is 0 Å². The van der Waals surface area contributed by atoms with Gasteiger partial charge in [0.05, 0.1) is 15.6 Å². The van der Waals surface area contributed by atoms with Crippen molar-refractivity contribution in [1.82, 2.24) is 14.7 Å². The maximum Gasteiger partial charge on any atom is 0.255 e. The minimum atomic E-state index is -0.312. The number of rotatable bonds is 3. The number of hydrogen-bond donors (Lipinski definition) is 0. The number of piperazine rings is 1. The van der Waals surface area contributed by atoms with Gasteiger partial charge < -0.3 is 9.80 Å². The number of likely N-dealkylation sites (tertiary alicyclic amines) is 1. The summed E-state index contributed by atoms with van der Waals surface area (Å²) in [6.45, 7) is 1.12. The van der Waals surface area contributed by atoms with Crippen molar-refractivity contribution in [3.63, 3.8) is 0 Å². The molecule has 0 spiro atoms. The lowest BCUT2D eigenvalue weighted by molar-refractivity contribution is -0.146. The minimum Gasteiger partial charge on any atom is -0.338 e. The van der Waals surface area contributed by atoms with Crippen LogP contribution in [0.15, 0.2) is 18.2 Å². The van der Waals surface area contributed by atoms with Crippen LogP contribution in [0, 0.1) is 0 Å². The van der Waals surface area contributed by atoms with E-state index < -0.39 is 0 Å². The minimum absolute atomic E-state index is 0.161. The molecule has 2 aliphatic rings. The molecule has 2 aliphatic heterocycles. The zero-order valence-electron chi connectivity index (χ0n) is 13.9. The summed E-state index contributed by atoms with van der Waals surface area (Å²) in [7, 11) is 0. The molecule has 7 nitrogen and oxygen atoms in total. The number of halogens is 2. The zero-order valence-corrected chi connectivity index (χ0v) is 15.4. The molecule has 0 unspecified atom stereocenters. The van der Waals surface area contributed by atoms with Crippen LogP contribution in [0.1, 0.15) is 23.2 Å². The average molecular weight is 398 g/mol. The van der Waals surface area contributed by atoms with Gasteiger partial charge in [0, 0.05) is 39.0 Å². The Morgan fingerprint density at radius 2 is 1.50 bits per heavy atom. The number of hydrogen-bond acceptors (Lipinski definition) is 4. The molecular weight excluding hydrogens is 381 g/mol. The van der Waals surface area contributed by atoms with Crippen LogP contribution in [-0.4, -0.2) is 71.1 Å². The van der Waals surface area contributed by atoms with Crippen LogP contribution in [-0.2, 0) is 14.4 Å². The molecule has 0 aliphatic carbocycles. The first kappa shape index (κ1) is 18.7. The highest BCUT2D eigenvalue weighted by molar-refractivity contribution is 6.43. The van der Waals surface area contributed by atoms with E-state index in [1.807, 2.05) is 0 Å². The van der Waals surface area contributed by atoms with Gasteiger partial charge in [0.15, 0.2) is 0 Å². The van der Waals surface area contributed by atoms with Crippen molar-refractivity contribution in [2.24, 2.45) is 0 Å². The fourth-order valence-corrected chi connectivity index (χ4v) is 3.41. The molecule has 0 aromatic heterocycles. The van der Waals surface area contributed by atoms with E-state index >= 15 is 0 Å². The molecule has 0 N–H and O–H groups in total. The third-order valence-corrected chi connectivity index (χ3v) is 5.37. The van der Waals surface area contributed by atoms with Gasteiger partial charge in [-0.25, -0.2) is 0 Å². The lowest BCUT2D eigenvalue weighted by Gasteiger charge is -2.35. The summed E-state index contributed by atoms with van der Waals surface area (Å²) in [6.07, 6.45) is 0.323. The van der Waals surface area contributed by atoms with E-state index in [2.05, 4.69) is 0 Å². The Bertz CT molecular complexity index is 759. The monoisotopic (exact) mass is 397 g/mol. The average Bonchev–Trinajstić information content (AvgIpc) is 2.95. The van der Waals surface area contributed by atoms with E-state index in [1.165, 1.54) is 0 Å². The second kappa shape index (κ2) is 7.63. The van der Waals surface area contributed by atoms with Crippen LogP contribution >= 0.6 is 23.2 Å². The maximum atomic E-state index is 12.6. The smallest absolute Gasteiger partial charge is 0.255 e. The van der Waals surface area contributed by atoms with E-state index in [0.29, 0.717) is 36.8 Å². The fourth-order valence-electron chi connectivity index (χ4n) is 3.03. The molecule has 26 heavy (non-hydrogen) atoms. The molecular formula is C17H17Cl2N3O4. The van der Waals surface area contributed by atoms with E-state index in [4.69, 9.17) is 23.2 Å². The SMILES string of the molecule is O=C(CN1C(=O)CCC1=O)N1CCN(C(=O)c2cccc(Cl)c2Cl)CC1. The van der Waals surface area contributed by atoms with Crippen LogP contribution in [0.2, 0.25) is 10.0 Å². The van der Waals surface area contributed by atoms with Crippen LogP contribution in [0.5, 0.6) is 0 Å². The van der Waals surface area contributed by atoms with E-state index in [1.54, 1.807) is 28.0 Å². The Balaban J connectivity index is 1.58. The molecule has 1 aromatic carbocycles. The van der Waals surface area contributed by atoms with Gasteiger partial charge in [-0.15, -0.1) is 0 Å². The first-order valence-electron chi connectivity index (χ1n) is 8.22. The Labute approximate surface area is 160 Å². The van der Waals surface area contributed by atoms with Crippen molar-refractivity contribution < 1.29 is 19.2 Å². The van der Waals surface area contributed by atoms with Gasteiger partial charge in [-0.05, 0) is 12.1 Å². The number of nitrogens with zero attached hydrogens (tertiary/aromatic N) is 3.